The minimum atomic E-state index is -3.58. The summed E-state index contributed by atoms with van der Waals surface area (Å²) < 4.78 is 28.6. The number of amides is 1. The summed E-state index contributed by atoms with van der Waals surface area (Å²) in [7, 11) is -3.58. The molecule has 0 fully saturated rings. The fourth-order valence-electron chi connectivity index (χ4n) is 2.16. The molecule has 2 rings (SSSR count). The van der Waals surface area contributed by atoms with Gasteiger partial charge >= 0.3 is 5.97 Å². The van der Waals surface area contributed by atoms with E-state index < -0.39 is 27.8 Å². The predicted molar refractivity (Wildman–Crippen MR) is 92.7 cm³/mol. The Hall–Kier alpha value is -2.67. The van der Waals surface area contributed by atoms with E-state index in [2.05, 4.69) is 5.32 Å². The SMILES string of the molecule is C[C@H](OC(=O)c1ccccc1S(C)(=O)=O)C(=O)NCc1ccccc1. The Balaban J connectivity index is 2.02. The fourth-order valence-corrected chi connectivity index (χ4v) is 3.04. The molecule has 25 heavy (non-hydrogen) atoms. The lowest BCUT2D eigenvalue weighted by Gasteiger charge is -2.14. The summed E-state index contributed by atoms with van der Waals surface area (Å²) in [6, 6.07) is 15.0. The van der Waals surface area contributed by atoms with Crippen molar-refractivity contribution in [2.75, 3.05) is 6.26 Å². The van der Waals surface area contributed by atoms with E-state index in [0.29, 0.717) is 6.54 Å². The first-order valence-electron chi connectivity index (χ1n) is 7.60. The van der Waals surface area contributed by atoms with Crippen molar-refractivity contribution in [3.63, 3.8) is 0 Å². The molecular weight excluding hydrogens is 342 g/mol. The van der Waals surface area contributed by atoms with Crippen molar-refractivity contribution in [2.24, 2.45) is 0 Å². The van der Waals surface area contributed by atoms with Gasteiger partial charge in [-0.05, 0) is 24.6 Å². The van der Waals surface area contributed by atoms with Crippen LogP contribution in [0.15, 0.2) is 59.5 Å². The summed E-state index contributed by atoms with van der Waals surface area (Å²) in [5.74, 6) is -1.32. The lowest BCUT2D eigenvalue weighted by molar-refractivity contribution is -0.129. The maximum Gasteiger partial charge on any atom is 0.340 e. The van der Waals surface area contributed by atoms with Crippen molar-refractivity contribution < 1.29 is 22.7 Å². The van der Waals surface area contributed by atoms with E-state index in [1.54, 1.807) is 0 Å². The van der Waals surface area contributed by atoms with Crippen LogP contribution in [0.1, 0.15) is 22.8 Å². The Morgan fingerprint density at radius 2 is 1.64 bits per heavy atom. The van der Waals surface area contributed by atoms with Crippen LogP contribution in [0.25, 0.3) is 0 Å². The highest BCUT2D eigenvalue weighted by atomic mass is 32.2. The van der Waals surface area contributed by atoms with Gasteiger partial charge in [-0.3, -0.25) is 4.79 Å². The van der Waals surface area contributed by atoms with E-state index in [1.807, 2.05) is 30.3 Å². The number of benzene rings is 2. The molecule has 0 saturated carbocycles. The second kappa shape index (κ2) is 7.94. The van der Waals surface area contributed by atoms with Crippen molar-refractivity contribution in [1.82, 2.24) is 5.32 Å². The molecule has 0 aliphatic heterocycles. The first-order valence-corrected chi connectivity index (χ1v) is 9.50. The van der Waals surface area contributed by atoms with Crippen LogP contribution in [-0.2, 0) is 25.9 Å². The van der Waals surface area contributed by atoms with E-state index in [1.165, 1.54) is 31.2 Å². The van der Waals surface area contributed by atoms with Crippen molar-refractivity contribution in [3.05, 3.63) is 65.7 Å². The van der Waals surface area contributed by atoms with Gasteiger partial charge in [0.1, 0.15) is 0 Å². The van der Waals surface area contributed by atoms with Gasteiger partial charge in [0.2, 0.25) is 0 Å². The Kier molecular flexibility index (Phi) is 5.93. The molecule has 132 valence electrons. The van der Waals surface area contributed by atoms with Gasteiger partial charge in [-0.1, -0.05) is 42.5 Å². The second-order valence-electron chi connectivity index (χ2n) is 5.52. The Morgan fingerprint density at radius 3 is 2.28 bits per heavy atom. The Morgan fingerprint density at radius 1 is 1.04 bits per heavy atom. The third-order valence-corrected chi connectivity index (χ3v) is 4.62. The molecule has 0 aromatic heterocycles. The van der Waals surface area contributed by atoms with Crippen LogP contribution in [0.3, 0.4) is 0 Å². The molecule has 7 heteroatoms. The van der Waals surface area contributed by atoms with Gasteiger partial charge in [-0.25, -0.2) is 13.2 Å². The minimum absolute atomic E-state index is 0.0901. The van der Waals surface area contributed by atoms with Crippen LogP contribution in [0.5, 0.6) is 0 Å². The number of carbonyl (C=O) groups excluding carboxylic acids is 2. The number of nitrogens with one attached hydrogen (secondary N) is 1. The zero-order valence-electron chi connectivity index (χ0n) is 13.9. The Bertz CT molecular complexity index is 862. The highest BCUT2D eigenvalue weighted by Gasteiger charge is 2.23. The van der Waals surface area contributed by atoms with Gasteiger partial charge in [0.15, 0.2) is 15.9 Å². The third-order valence-electron chi connectivity index (χ3n) is 3.47. The fraction of sp³-hybridized carbons (Fsp3) is 0.222. The lowest BCUT2D eigenvalue weighted by Crippen LogP contribution is -2.35. The zero-order valence-corrected chi connectivity index (χ0v) is 14.7. The Labute approximate surface area is 146 Å². The number of carbonyl (C=O) groups is 2. The molecule has 1 N–H and O–H groups in total. The maximum absolute atomic E-state index is 12.2. The van der Waals surface area contributed by atoms with Gasteiger partial charge in [0.25, 0.3) is 5.91 Å². The van der Waals surface area contributed by atoms with Crippen molar-refractivity contribution >= 4 is 21.7 Å². The van der Waals surface area contributed by atoms with Gasteiger partial charge in [-0.15, -0.1) is 0 Å². The largest absolute Gasteiger partial charge is 0.449 e. The van der Waals surface area contributed by atoms with Crippen LogP contribution in [0.2, 0.25) is 0 Å². The van der Waals surface area contributed by atoms with E-state index in [4.69, 9.17) is 4.74 Å². The standard InChI is InChI=1S/C18H19NO5S/c1-13(17(20)19-12-14-8-4-3-5-9-14)24-18(21)15-10-6-7-11-16(15)25(2,22)23/h3-11,13H,12H2,1-2H3,(H,19,20)/t13-/m0/s1. The molecule has 0 saturated heterocycles. The number of hydrogen-bond acceptors (Lipinski definition) is 5. The number of rotatable bonds is 6. The monoisotopic (exact) mass is 361 g/mol. The van der Waals surface area contributed by atoms with Crippen LogP contribution < -0.4 is 5.32 Å². The van der Waals surface area contributed by atoms with Gasteiger partial charge in [0.05, 0.1) is 10.5 Å². The lowest BCUT2D eigenvalue weighted by atomic mass is 10.2. The topological polar surface area (TPSA) is 89.5 Å². The van der Waals surface area contributed by atoms with Crippen LogP contribution in [0, 0.1) is 0 Å². The summed E-state index contributed by atoms with van der Waals surface area (Å²) in [5, 5.41) is 2.67. The molecule has 1 amide bonds. The van der Waals surface area contributed by atoms with Crippen LogP contribution in [0.4, 0.5) is 0 Å². The van der Waals surface area contributed by atoms with Crippen LogP contribution >= 0.6 is 0 Å². The van der Waals surface area contributed by atoms with Crippen LogP contribution in [-0.4, -0.2) is 32.7 Å². The van der Waals surface area contributed by atoms with Crippen molar-refractivity contribution in [3.8, 4) is 0 Å². The molecule has 1 atom stereocenters. The molecule has 0 aliphatic rings. The summed E-state index contributed by atoms with van der Waals surface area (Å²) >= 11 is 0. The number of ether oxygens (including phenoxy) is 1. The summed E-state index contributed by atoms with van der Waals surface area (Å²) in [4.78, 5) is 24.2. The van der Waals surface area contributed by atoms with E-state index in [-0.39, 0.29) is 10.5 Å². The van der Waals surface area contributed by atoms with E-state index in [9.17, 15) is 18.0 Å². The molecule has 0 radical (unpaired) electrons. The first-order chi connectivity index (χ1) is 11.8. The molecule has 0 aliphatic carbocycles. The van der Waals surface area contributed by atoms with Crippen molar-refractivity contribution in [2.45, 2.75) is 24.5 Å². The third kappa shape index (κ3) is 5.15. The summed E-state index contributed by atoms with van der Waals surface area (Å²) in [6.45, 7) is 1.74. The minimum Gasteiger partial charge on any atom is -0.449 e. The highest BCUT2D eigenvalue weighted by molar-refractivity contribution is 7.90. The number of hydrogen-bond donors (Lipinski definition) is 1. The van der Waals surface area contributed by atoms with Gasteiger partial charge in [-0.2, -0.15) is 0 Å². The molecule has 0 spiro atoms. The van der Waals surface area contributed by atoms with Gasteiger partial charge < -0.3 is 10.1 Å². The second-order valence-corrected chi connectivity index (χ2v) is 7.50. The average molecular weight is 361 g/mol. The van der Waals surface area contributed by atoms with Crippen molar-refractivity contribution in [1.29, 1.82) is 0 Å². The number of sulfone groups is 1. The molecule has 0 heterocycles. The highest BCUT2D eigenvalue weighted by Crippen LogP contribution is 2.17. The molecule has 2 aromatic carbocycles. The molecule has 6 nitrogen and oxygen atoms in total. The molecule has 2 aromatic rings. The molecule has 0 bridgehead atoms. The quantitative estimate of drug-likeness (QED) is 0.795. The molecular formula is C18H19NO5S. The zero-order chi connectivity index (χ0) is 18.4. The van der Waals surface area contributed by atoms with Gasteiger partial charge in [0, 0.05) is 12.8 Å². The first kappa shape index (κ1) is 18.7. The summed E-state index contributed by atoms with van der Waals surface area (Å²) in [6.07, 6.45) is -0.0430. The predicted octanol–water partition coefficient (Wildman–Crippen LogP) is 1.95. The van der Waals surface area contributed by atoms with E-state index in [0.717, 1.165) is 11.8 Å². The van der Waals surface area contributed by atoms with E-state index >= 15 is 0 Å². The average Bonchev–Trinajstić information content (AvgIpc) is 2.59. The smallest absolute Gasteiger partial charge is 0.340 e. The summed E-state index contributed by atoms with van der Waals surface area (Å²) in [5.41, 5.74) is 0.824. The molecule has 0 unspecified atom stereocenters. The normalized spacial score (nSPS) is 12.2. The maximum atomic E-state index is 12.2. The number of esters is 1.